The zero-order chi connectivity index (χ0) is 15.5. The maximum atomic E-state index is 12.3. The SMILES string of the molecule is CSc1nc(N)cc(Nc2ccccc2OC(F)(F)F)n1. The summed E-state index contributed by atoms with van der Waals surface area (Å²) in [6.45, 7) is 0. The van der Waals surface area contributed by atoms with Crippen molar-refractivity contribution in [1.29, 1.82) is 0 Å². The van der Waals surface area contributed by atoms with E-state index in [-0.39, 0.29) is 23.1 Å². The lowest BCUT2D eigenvalue weighted by atomic mass is 10.3. The van der Waals surface area contributed by atoms with Crippen LogP contribution in [0.15, 0.2) is 35.5 Å². The molecule has 0 aliphatic heterocycles. The molecule has 0 aliphatic carbocycles. The number of nitrogens with two attached hydrogens (primary N) is 1. The summed E-state index contributed by atoms with van der Waals surface area (Å²) >= 11 is 1.27. The Labute approximate surface area is 122 Å². The number of anilines is 3. The van der Waals surface area contributed by atoms with Gasteiger partial charge in [-0.25, -0.2) is 9.97 Å². The van der Waals surface area contributed by atoms with Gasteiger partial charge in [0.05, 0.1) is 5.69 Å². The van der Waals surface area contributed by atoms with Gasteiger partial charge in [0.15, 0.2) is 10.9 Å². The van der Waals surface area contributed by atoms with Gasteiger partial charge in [-0.15, -0.1) is 13.2 Å². The molecule has 5 nitrogen and oxygen atoms in total. The Hall–Kier alpha value is -2.16. The smallest absolute Gasteiger partial charge is 0.404 e. The van der Waals surface area contributed by atoms with Crippen molar-refractivity contribution in [1.82, 2.24) is 9.97 Å². The number of para-hydroxylation sites is 2. The van der Waals surface area contributed by atoms with E-state index in [0.29, 0.717) is 5.16 Å². The molecule has 112 valence electrons. The molecular weight excluding hydrogens is 305 g/mol. The quantitative estimate of drug-likeness (QED) is 0.665. The second-order valence-electron chi connectivity index (χ2n) is 3.83. The predicted molar refractivity (Wildman–Crippen MR) is 74.6 cm³/mol. The average molecular weight is 316 g/mol. The van der Waals surface area contributed by atoms with Gasteiger partial charge in [0.25, 0.3) is 0 Å². The number of halogens is 3. The molecule has 0 aliphatic rings. The standard InChI is InChI=1S/C12H11F3N4OS/c1-21-11-18-9(16)6-10(19-11)17-7-4-2-3-5-8(7)20-12(13,14)15/h2-6H,1H3,(H3,16,17,18,19). The first-order valence-corrected chi connectivity index (χ1v) is 6.90. The maximum absolute atomic E-state index is 12.3. The normalized spacial score (nSPS) is 11.2. The fourth-order valence-electron chi connectivity index (χ4n) is 1.52. The van der Waals surface area contributed by atoms with Crippen molar-refractivity contribution < 1.29 is 17.9 Å². The van der Waals surface area contributed by atoms with Crippen molar-refractivity contribution in [2.45, 2.75) is 11.5 Å². The molecule has 1 aromatic heterocycles. The fraction of sp³-hybridized carbons (Fsp3) is 0.167. The number of aromatic nitrogens is 2. The summed E-state index contributed by atoms with van der Waals surface area (Å²) in [6, 6.07) is 7.08. The second-order valence-corrected chi connectivity index (χ2v) is 4.61. The van der Waals surface area contributed by atoms with E-state index in [2.05, 4.69) is 20.0 Å². The Morgan fingerprint density at radius 3 is 2.62 bits per heavy atom. The van der Waals surface area contributed by atoms with E-state index in [1.54, 1.807) is 12.3 Å². The van der Waals surface area contributed by atoms with Crippen LogP contribution < -0.4 is 15.8 Å². The number of nitrogen functional groups attached to an aromatic ring is 1. The van der Waals surface area contributed by atoms with Crippen LogP contribution in [0.1, 0.15) is 0 Å². The number of thioether (sulfide) groups is 1. The first-order chi connectivity index (χ1) is 9.87. The number of ether oxygens (including phenoxy) is 1. The van der Waals surface area contributed by atoms with Gasteiger partial charge in [-0.1, -0.05) is 23.9 Å². The van der Waals surface area contributed by atoms with Crippen LogP contribution >= 0.6 is 11.8 Å². The number of nitrogens with one attached hydrogen (secondary N) is 1. The molecule has 1 aromatic carbocycles. The van der Waals surface area contributed by atoms with Crippen molar-refractivity contribution in [2.24, 2.45) is 0 Å². The van der Waals surface area contributed by atoms with Crippen LogP contribution in [0, 0.1) is 0 Å². The van der Waals surface area contributed by atoms with Crippen molar-refractivity contribution in [3.8, 4) is 5.75 Å². The number of alkyl halides is 3. The van der Waals surface area contributed by atoms with Crippen LogP contribution in [0.2, 0.25) is 0 Å². The largest absolute Gasteiger partial charge is 0.573 e. The zero-order valence-corrected chi connectivity index (χ0v) is 11.6. The van der Waals surface area contributed by atoms with Gasteiger partial charge in [-0.3, -0.25) is 0 Å². The lowest BCUT2D eigenvalue weighted by Crippen LogP contribution is -2.18. The van der Waals surface area contributed by atoms with Crippen LogP contribution in [0.5, 0.6) is 5.75 Å². The molecule has 0 amide bonds. The Morgan fingerprint density at radius 2 is 1.95 bits per heavy atom. The third kappa shape index (κ3) is 4.42. The minimum absolute atomic E-state index is 0.125. The van der Waals surface area contributed by atoms with E-state index < -0.39 is 6.36 Å². The molecule has 0 saturated carbocycles. The van der Waals surface area contributed by atoms with E-state index in [1.165, 1.54) is 36.0 Å². The number of rotatable bonds is 4. The van der Waals surface area contributed by atoms with Crippen molar-refractivity contribution in [3.63, 3.8) is 0 Å². The highest BCUT2D eigenvalue weighted by molar-refractivity contribution is 7.98. The first-order valence-electron chi connectivity index (χ1n) is 5.68. The minimum atomic E-state index is -4.77. The number of nitrogens with zero attached hydrogens (tertiary/aromatic N) is 2. The summed E-state index contributed by atoms with van der Waals surface area (Å²) in [5.74, 6) is 0.143. The predicted octanol–water partition coefficient (Wildman–Crippen LogP) is 3.42. The summed E-state index contributed by atoms with van der Waals surface area (Å²) in [7, 11) is 0. The molecule has 2 aromatic rings. The van der Waals surface area contributed by atoms with Gasteiger partial charge in [0.2, 0.25) is 0 Å². The average Bonchev–Trinajstić information content (AvgIpc) is 2.38. The summed E-state index contributed by atoms with van der Waals surface area (Å²) < 4.78 is 41.0. The first kappa shape index (κ1) is 15.2. The van der Waals surface area contributed by atoms with Crippen LogP contribution in [0.25, 0.3) is 0 Å². The van der Waals surface area contributed by atoms with E-state index in [0.717, 1.165) is 0 Å². The molecule has 0 unspecified atom stereocenters. The van der Waals surface area contributed by atoms with Crippen molar-refractivity contribution in [3.05, 3.63) is 30.3 Å². The third-order valence-electron chi connectivity index (χ3n) is 2.28. The monoisotopic (exact) mass is 316 g/mol. The summed E-state index contributed by atoms with van der Waals surface area (Å²) in [6.07, 6.45) is -3.01. The van der Waals surface area contributed by atoms with Gasteiger partial charge in [0, 0.05) is 6.07 Å². The van der Waals surface area contributed by atoms with Crippen LogP contribution in [0.3, 0.4) is 0 Å². The van der Waals surface area contributed by atoms with Crippen LogP contribution in [0.4, 0.5) is 30.5 Å². The Morgan fingerprint density at radius 1 is 1.24 bits per heavy atom. The number of benzene rings is 1. The molecule has 0 saturated heterocycles. The number of hydrogen-bond donors (Lipinski definition) is 2. The Kier molecular flexibility index (Phi) is 4.41. The van der Waals surface area contributed by atoms with Gasteiger partial charge in [-0.2, -0.15) is 0 Å². The second kappa shape index (κ2) is 6.08. The van der Waals surface area contributed by atoms with Gasteiger partial charge in [-0.05, 0) is 18.4 Å². The van der Waals surface area contributed by atoms with E-state index in [1.807, 2.05) is 0 Å². The maximum Gasteiger partial charge on any atom is 0.573 e. The topological polar surface area (TPSA) is 73.1 Å². The lowest BCUT2D eigenvalue weighted by Gasteiger charge is -2.14. The Balaban J connectivity index is 2.29. The Bertz CT molecular complexity index is 636. The molecule has 0 atom stereocenters. The molecule has 21 heavy (non-hydrogen) atoms. The summed E-state index contributed by atoms with van der Waals surface area (Å²) in [5, 5.41) is 3.15. The third-order valence-corrected chi connectivity index (χ3v) is 2.83. The molecule has 0 spiro atoms. The van der Waals surface area contributed by atoms with E-state index in [9.17, 15) is 13.2 Å². The van der Waals surface area contributed by atoms with Gasteiger partial charge >= 0.3 is 6.36 Å². The highest BCUT2D eigenvalue weighted by Gasteiger charge is 2.32. The molecule has 0 fully saturated rings. The lowest BCUT2D eigenvalue weighted by molar-refractivity contribution is -0.274. The van der Waals surface area contributed by atoms with Crippen LogP contribution in [-0.2, 0) is 0 Å². The molecule has 0 bridgehead atoms. The molecule has 3 N–H and O–H groups in total. The van der Waals surface area contributed by atoms with Crippen molar-refractivity contribution in [2.75, 3.05) is 17.3 Å². The van der Waals surface area contributed by atoms with Gasteiger partial charge in [0.1, 0.15) is 11.6 Å². The van der Waals surface area contributed by atoms with Crippen LogP contribution in [-0.4, -0.2) is 22.6 Å². The number of hydrogen-bond acceptors (Lipinski definition) is 6. The fourth-order valence-corrected chi connectivity index (χ4v) is 1.91. The molecule has 0 radical (unpaired) electrons. The highest BCUT2D eigenvalue weighted by atomic mass is 32.2. The molecular formula is C12H11F3N4OS. The van der Waals surface area contributed by atoms with E-state index in [4.69, 9.17) is 5.73 Å². The summed E-state index contributed by atoms with van der Waals surface area (Å²) in [5.41, 5.74) is 5.74. The van der Waals surface area contributed by atoms with E-state index >= 15 is 0 Å². The highest BCUT2D eigenvalue weighted by Crippen LogP contribution is 2.32. The molecule has 1 heterocycles. The zero-order valence-electron chi connectivity index (χ0n) is 10.8. The molecule has 2 rings (SSSR count). The van der Waals surface area contributed by atoms with Gasteiger partial charge < -0.3 is 15.8 Å². The van der Waals surface area contributed by atoms with Crippen molar-refractivity contribution >= 4 is 29.1 Å². The summed E-state index contributed by atoms with van der Waals surface area (Å²) in [4.78, 5) is 8.06. The molecule has 9 heteroatoms. The minimum Gasteiger partial charge on any atom is -0.404 e.